The van der Waals surface area contributed by atoms with E-state index in [1.807, 2.05) is 20.8 Å². The quantitative estimate of drug-likeness (QED) is 0.750. The van der Waals surface area contributed by atoms with Gasteiger partial charge in [-0.15, -0.1) is 0 Å². The molecule has 1 N–H and O–H groups in total. The van der Waals surface area contributed by atoms with Crippen LogP contribution in [0.15, 0.2) is 0 Å². The second kappa shape index (κ2) is 7.25. The number of carbonyl (C=O) groups excluding carboxylic acids is 1. The van der Waals surface area contributed by atoms with E-state index >= 15 is 0 Å². The number of hydrogen-bond donors (Lipinski definition) is 1. The second-order valence-electron chi connectivity index (χ2n) is 6.97. The molecule has 0 radical (unpaired) electrons. The van der Waals surface area contributed by atoms with Crippen LogP contribution >= 0.6 is 0 Å². The van der Waals surface area contributed by atoms with Crippen LogP contribution in [-0.4, -0.2) is 48.7 Å². The van der Waals surface area contributed by atoms with Gasteiger partial charge in [-0.3, -0.25) is 9.69 Å². The molecule has 0 aromatic carbocycles. The largest absolute Gasteiger partial charge is 0.459 e. The van der Waals surface area contributed by atoms with Crippen molar-refractivity contribution in [3.05, 3.63) is 0 Å². The molecule has 1 rings (SSSR count). The molecule has 0 aromatic rings. The van der Waals surface area contributed by atoms with Gasteiger partial charge in [0, 0.05) is 19.1 Å². The summed E-state index contributed by atoms with van der Waals surface area (Å²) in [5.74, 6) is 0.440. The van der Waals surface area contributed by atoms with E-state index in [1.165, 1.54) is 12.8 Å². The van der Waals surface area contributed by atoms with E-state index in [1.54, 1.807) is 0 Å². The van der Waals surface area contributed by atoms with Gasteiger partial charge in [0.15, 0.2) is 0 Å². The van der Waals surface area contributed by atoms with Crippen LogP contribution in [0.25, 0.3) is 0 Å². The Labute approximate surface area is 117 Å². The fourth-order valence-corrected chi connectivity index (χ4v) is 2.50. The zero-order valence-electron chi connectivity index (χ0n) is 13.2. The van der Waals surface area contributed by atoms with Gasteiger partial charge in [0.25, 0.3) is 0 Å². The Morgan fingerprint density at radius 2 is 2.11 bits per heavy atom. The molecule has 1 saturated heterocycles. The first-order valence-corrected chi connectivity index (χ1v) is 7.44. The van der Waals surface area contributed by atoms with Gasteiger partial charge in [0.2, 0.25) is 0 Å². The minimum absolute atomic E-state index is 0.119. The molecule has 1 aliphatic rings. The van der Waals surface area contributed by atoms with E-state index in [0.717, 1.165) is 19.6 Å². The van der Waals surface area contributed by atoms with Gasteiger partial charge in [0.05, 0.1) is 6.54 Å². The van der Waals surface area contributed by atoms with Crippen molar-refractivity contribution < 1.29 is 9.53 Å². The summed E-state index contributed by atoms with van der Waals surface area (Å²) in [6, 6.07) is 0.529. The Kier molecular flexibility index (Phi) is 6.27. The van der Waals surface area contributed by atoms with Gasteiger partial charge in [-0.1, -0.05) is 13.8 Å². The number of nitrogens with one attached hydrogen (secondary N) is 1. The predicted molar refractivity (Wildman–Crippen MR) is 78.1 cm³/mol. The molecular weight excluding hydrogens is 240 g/mol. The summed E-state index contributed by atoms with van der Waals surface area (Å²) in [6.07, 6.45) is 2.45. The van der Waals surface area contributed by atoms with Crippen LogP contribution in [0.3, 0.4) is 0 Å². The molecule has 1 heterocycles. The number of ether oxygens (including phenoxy) is 1. The van der Waals surface area contributed by atoms with E-state index in [4.69, 9.17) is 4.74 Å². The van der Waals surface area contributed by atoms with Crippen LogP contribution in [0.1, 0.15) is 47.5 Å². The van der Waals surface area contributed by atoms with Crippen molar-refractivity contribution in [3.8, 4) is 0 Å². The highest BCUT2D eigenvalue weighted by Crippen LogP contribution is 2.11. The third-order valence-electron chi connectivity index (χ3n) is 3.04. The van der Waals surface area contributed by atoms with Crippen LogP contribution in [-0.2, 0) is 9.53 Å². The van der Waals surface area contributed by atoms with Crippen LogP contribution < -0.4 is 5.32 Å². The summed E-state index contributed by atoms with van der Waals surface area (Å²) in [5.41, 5.74) is -0.397. The Morgan fingerprint density at radius 3 is 2.58 bits per heavy atom. The Morgan fingerprint density at radius 1 is 1.42 bits per heavy atom. The molecule has 1 aliphatic heterocycles. The van der Waals surface area contributed by atoms with Crippen molar-refractivity contribution in [2.75, 3.05) is 26.2 Å². The van der Waals surface area contributed by atoms with Crippen molar-refractivity contribution in [1.29, 1.82) is 0 Å². The molecule has 112 valence electrons. The standard InChI is InChI=1S/C15H30N2O2/c1-12(2)9-17(10-13-7-6-8-16-13)11-14(18)19-15(3,4)5/h12-13,16H,6-11H2,1-5H3. The average Bonchev–Trinajstić information content (AvgIpc) is 2.65. The van der Waals surface area contributed by atoms with Crippen molar-refractivity contribution in [2.24, 2.45) is 5.92 Å². The molecule has 1 unspecified atom stereocenters. The van der Waals surface area contributed by atoms with Crippen LogP contribution in [0.2, 0.25) is 0 Å². The van der Waals surface area contributed by atoms with E-state index in [0.29, 0.717) is 18.5 Å². The smallest absolute Gasteiger partial charge is 0.320 e. The van der Waals surface area contributed by atoms with Crippen molar-refractivity contribution in [3.63, 3.8) is 0 Å². The highest BCUT2D eigenvalue weighted by molar-refractivity contribution is 5.72. The normalized spacial score (nSPS) is 20.3. The van der Waals surface area contributed by atoms with Gasteiger partial charge in [0.1, 0.15) is 5.60 Å². The number of nitrogens with zero attached hydrogens (tertiary/aromatic N) is 1. The highest BCUT2D eigenvalue weighted by atomic mass is 16.6. The number of carbonyl (C=O) groups is 1. The fourth-order valence-electron chi connectivity index (χ4n) is 2.50. The molecule has 1 fully saturated rings. The highest BCUT2D eigenvalue weighted by Gasteiger charge is 2.23. The van der Waals surface area contributed by atoms with E-state index < -0.39 is 5.60 Å². The molecule has 0 aliphatic carbocycles. The van der Waals surface area contributed by atoms with E-state index in [9.17, 15) is 4.79 Å². The van der Waals surface area contributed by atoms with Gasteiger partial charge in [-0.05, 0) is 46.1 Å². The zero-order valence-corrected chi connectivity index (χ0v) is 13.2. The first kappa shape index (κ1) is 16.4. The number of esters is 1. The SMILES string of the molecule is CC(C)CN(CC(=O)OC(C)(C)C)CC1CCCN1. The maximum Gasteiger partial charge on any atom is 0.320 e. The van der Waals surface area contributed by atoms with Crippen LogP contribution in [0.4, 0.5) is 0 Å². The van der Waals surface area contributed by atoms with Crippen molar-refractivity contribution in [2.45, 2.75) is 59.1 Å². The number of rotatable bonds is 6. The Hall–Kier alpha value is -0.610. The molecule has 19 heavy (non-hydrogen) atoms. The fraction of sp³-hybridized carbons (Fsp3) is 0.933. The molecule has 0 aromatic heterocycles. The maximum absolute atomic E-state index is 11.9. The van der Waals surface area contributed by atoms with E-state index in [2.05, 4.69) is 24.1 Å². The molecular formula is C15H30N2O2. The van der Waals surface area contributed by atoms with Crippen molar-refractivity contribution >= 4 is 5.97 Å². The minimum Gasteiger partial charge on any atom is -0.459 e. The van der Waals surface area contributed by atoms with Crippen LogP contribution in [0.5, 0.6) is 0 Å². The lowest BCUT2D eigenvalue weighted by molar-refractivity contribution is -0.156. The van der Waals surface area contributed by atoms with Gasteiger partial charge in [-0.2, -0.15) is 0 Å². The van der Waals surface area contributed by atoms with Gasteiger partial charge < -0.3 is 10.1 Å². The first-order chi connectivity index (χ1) is 8.76. The molecule has 4 nitrogen and oxygen atoms in total. The van der Waals surface area contributed by atoms with Crippen molar-refractivity contribution in [1.82, 2.24) is 10.2 Å². The van der Waals surface area contributed by atoms with Crippen LogP contribution in [0, 0.1) is 5.92 Å². The summed E-state index contributed by atoms with van der Waals surface area (Å²) in [6.45, 7) is 13.5. The molecule has 1 atom stereocenters. The summed E-state index contributed by atoms with van der Waals surface area (Å²) in [4.78, 5) is 14.2. The topological polar surface area (TPSA) is 41.6 Å². The minimum atomic E-state index is -0.397. The molecule has 0 amide bonds. The lowest BCUT2D eigenvalue weighted by atomic mass is 10.1. The molecule has 0 saturated carbocycles. The molecule has 0 spiro atoms. The zero-order chi connectivity index (χ0) is 14.5. The summed E-state index contributed by atoms with van der Waals surface area (Å²) in [7, 11) is 0. The maximum atomic E-state index is 11.9. The summed E-state index contributed by atoms with van der Waals surface area (Å²) < 4.78 is 5.41. The first-order valence-electron chi connectivity index (χ1n) is 7.44. The summed E-state index contributed by atoms with van der Waals surface area (Å²) in [5, 5.41) is 3.49. The molecule has 0 bridgehead atoms. The third kappa shape index (κ3) is 7.53. The monoisotopic (exact) mass is 270 g/mol. The Bertz CT molecular complexity index is 278. The van der Waals surface area contributed by atoms with Gasteiger partial charge in [-0.25, -0.2) is 0 Å². The third-order valence-corrected chi connectivity index (χ3v) is 3.04. The Balaban J connectivity index is 2.46. The molecule has 4 heteroatoms. The van der Waals surface area contributed by atoms with E-state index in [-0.39, 0.29) is 5.97 Å². The average molecular weight is 270 g/mol. The lowest BCUT2D eigenvalue weighted by Gasteiger charge is -2.28. The number of hydrogen-bond acceptors (Lipinski definition) is 4. The second-order valence-corrected chi connectivity index (χ2v) is 6.97. The van der Waals surface area contributed by atoms with Gasteiger partial charge >= 0.3 is 5.97 Å². The summed E-state index contributed by atoms with van der Waals surface area (Å²) >= 11 is 0. The lowest BCUT2D eigenvalue weighted by Crippen LogP contribution is -2.43. The predicted octanol–water partition coefficient (Wildman–Crippen LogP) is 2.04.